The van der Waals surface area contributed by atoms with E-state index in [1.807, 2.05) is 0 Å². The number of nitrogens with zero attached hydrogens (tertiary/aromatic N) is 2. The van der Waals surface area contributed by atoms with Gasteiger partial charge in [-0.05, 0) is 93.5 Å². The Morgan fingerprint density at radius 3 is 1.60 bits per heavy atom. The molecule has 1 heterocycles. The van der Waals surface area contributed by atoms with Crippen LogP contribution in [0.15, 0.2) is 231 Å². The Balaban J connectivity index is 1.10. The highest BCUT2D eigenvalue weighted by Crippen LogP contribution is 2.57. The van der Waals surface area contributed by atoms with Crippen LogP contribution in [-0.2, 0) is 5.41 Å². The Hall–Kier alpha value is -7.42. The maximum absolute atomic E-state index is 2.44. The summed E-state index contributed by atoms with van der Waals surface area (Å²) < 4.78 is 2.42. The summed E-state index contributed by atoms with van der Waals surface area (Å²) >= 11 is 0. The lowest BCUT2D eigenvalue weighted by atomic mass is 9.67. The van der Waals surface area contributed by atoms with Gasteiger partial charge in [-0.15, -0.1) is 0 Å². The molecule has 2 nitrogen and oxygen atoms in total. The third-order valence-corrected chi connectivity index (χ3v) is 11.9. The van der Waals surface area contributed by atoms with Gasteiger partial charge in [-0.3, -0.25) is 0 Å². The topological polar surface area (TPSA) is 8.17 Å². The summed E-state index contributed by atoms with van der Waals surface area (Å²) in [6.45, 7) is 0. The number of anilines is 3. The fourth-order valence-corrected chi connectivity index (χ4v) is 9.48. The maximum atomic E-state index is 2.44. The SMILES string of the molecule is c1ccc(N(c2ccc(-c3cccc4c5ccccc5n(-c5ccccc5)c34)cc2)c2ccc3c(c2)C(c2ccccc2)(c2ccccc2)c2ccccc2-3)cc1. The van der Waals surface area contributed by atoms with E-state index < -0.39 is 5.41 Å². The van der Waals surface area contributed by atoms with Crippen LogP contribution in [0.1, 0.15) is 22.3 Å². The summed E-state index contributed by atoms with van der Waals surface area (Å²) in [4.78, 5) is 2.40. The van der Waals surface area contributed by atoms with E-state index in [-0.39, 0.29) is 0 Å². The average Bonchev–Trinajstić information content (AvgIpc) is 3.79. The molecular formula is C55H38N2. The molecule has 0 fully saturated rings. The van der Waals surface area contributed by atoms with Crippen molar-refractivity contribution < 1.29 is 0 Å². The largest absolute Gasteiger partial charge is 0.310 e. The highest BCUT2D eigenvalue weighted by molar-refractivity contribution is 6.13. The summed E-state index contributed by atoms with van der Waals surface area (Å²) in [6.07, 6.45) is 0. The predicted molar refractivity (Wildman–Crippen MR) is 238 cm³/mol. The van der Waals surface area contributed by atoms with Crippen LogP contribution >= 0.6 is 0 Å². The van der Waals surface area contributed by atoms with Crippen LogP contribution in [0.4, 0.5) is 17.1 Å². The molecule has 0 saturated carbocycles. The van der Waals surface area contributed by atoms with Gasteiger partial charge < -0.3 is 9.47 Å². The van der Waals surface area contributed by atoms with E-state index in [2.05, 4.69) is 240 Å². The third kappa shape index (κ3) is 5.11. The Morgan fingerprint density at radius 1 is 0.351 bits per heavy atom. The Kier molecular flexibility index (Phi) is 7.75. The molecule has 1 aromatic heterocycles. The van der Waals surface area contributed by atoms with Gasteiger partial charge in [0.2, 0.25) is 0 Å². The quantitative estimate of drug-likeness (QED) is 0.159. The maximum Gasteiger partial charge on any atom is 0.0714 e. The highest BCUT2D eigenvalue weighted by atomic mass is 15.1. The minimum Gasteiger partial charge on any atom is -0.310 e. The van der Waals surface area contributed by atoms with Crippen LogP contribution in [0.3, 0.4) is 0 Å². The van der Waals surface area contributed by atoms with E-state index in [4.69, 9.17) is 0 Å². The lowest BCUT2D eigenvalue weighted by Gasteiger charge is -2.35. The molecule has 0 N–H and O–H groups in total. The Bertz CT molecular complexity index is 3000. The summed E-state index contributed by atoms with van der Waals surface area (Å²) in [5.41, 5.74) is 16.5. The first kappa shape index (κ1) is 33.0. The lowest BCUT2D eigenvalue weighted by Crippen LogP contribution is -2.28. The summed E-state index contributed by atoms with van der Waals surface area (Å²) in [5.74, 6) is 0. The van der Waals surface area contributed by atoms with Crippen molar-refractivity contribution in [3.63, 3.8) is 0 Å². The molecule has 2 heteroatoms. The van der Waals surface area contributed by atoms with Crippen LogP contribution in [0, 0.1) is 0 Å². The number of aromatic nitrogens is 1. The van der Waals surface area contributed by atoms with Crippen LogP contribution in [0.25, 0.3) is 49.7 Å². The smallest absolute Gasteiger partial charge is 0.0714 e. The minimum absolute atomic E-state index is 0.480. The van der Waals surface area contributed by atoms with E-state index in [0.29, 0.717) is 0 Å². The van der Waals surface area contributed by atoms with Crippen molar-refractivity contribution in [1.82, 2.24) is 4.57 Å². The van der Waals surface area contributed by atoms with Crippen molar-refractivity contribution in [2.24, 2.45) is 0 Å². The first-order valence-corrected chi connectivity index (χ1v) is 19.7. The molecule has 0 aliphatic heterocycles. The van der Waals surface area contributed by atoms with Crippen molar-refractivity contribution in [2.75, 3.05) is 4.90 Å². The van der Waals surface area contributed by atoms with Crippen molar-refractivity contribution in [1.29, 1.82) is 0 Å². The zero-order valence-corrected chi connectivity index (χ0v) is 31.3. The van der Waals surface area contributed by atoms with Gasteiger partial charge in [-0.1, -0.05) is 176 Å². The lowest BCUT2D eigenvalue weighted by molar-refractivity contribution is 0.768. The molecule has 0 spiro atoms. The molecule has 57 heavy (non-hydrogen) atoms. The van der Waals surface area contributed by atoms with Gasteiger partial charge in [-0.2, -0.15) is 0 Å². The van der Waals surface area contributed by atoms with Crippen molar-refractivity contribution in [2.45, 2.75) is 5.41 Å². The van der Waals surface area contributed by atoms with Crippen LogP contribution in [-0.4, -0.2) is 4.57 Å². The second-order valence-electron chi connectivity index (χ2n) is 14.9. The molecule has 11 rings (SSSR count). The molecule has 0 amide bonds. The molecule has 0 unspecified atom stereocenters. The highest BCUT2D eigenvalue weighted by Gasteiger charge is 2.46. The first-order chi connectivity index (χ1) is 28.3. The number of fused-ring (bicyclic) bond motifs is 6. The zero-order chi connectivity index (χ0) is 37.8. The second-order valence-corrected chi connectivity index (χ2v) is 14.9. The molecule has 10 aromatic rings. The summed E-state index contributed by atoms with van der Waals surface area (Å²) in [5, 5.41) is 2.51. The zero-order valence-electron chi connectivity index (χ0n) is 31.3. The molecule has 9 aromatic carbocycles. The molecule has 1 aliphatic carbocycles. The fourth-order valence-electron chi connectivity index (χ4n) is 9.48. The number of para-hydroxylation sites is 4. The van der Waals surface area contributed by atoms with Crippen molar-refractivity contribution in [3.8, 4) is 27.9 Å². The molecule has 0 bridgehead atoms. The van der Waals surface area contributed by atoms with Crippen LogP contribution < -0.4 is 4.90 Å². The number of benzene rings is 9. The van der Waals surface area contributed by atoms with E-state index in [9.17, 15) is 0 Å². The third-order valence-electron chi connectivity index (χ3n) is 11.9. The normalized spacial score (nSPS) is 12.7. The predicted octanol–water partition coefficient (Wildman–Crippen LogP) is 14.3. The molecule has 0 radical (unpaired) electrons. The Labute approximate surface area is 333 Å². The van der Waals surface area contributed by atoms with E-state index in [1.54, 1.807) is 0 Å². The molecule has 1 aliphatic rings. The van der Waals surface area contributed by atoms with Gasteiger partial charge in [0.05, 0.1) is 16.4 Å². The molecule has 268 valence electrons. The number of hydrogen-bond acceptors (Lipinski definition) is 1. The molecule has 0 saturated heterocycles. The van der Waals surface area contributed by atoms with Gasteiger partial charge in [0.1, 0.15) is 0 Å². The van der Waals surface area contributed by atoms with Gasteiger partial charge in [0.15, 0.2) is 0 Å². The molecule has 0 atom stereocenters. The van der Waals surface area contributed by atoms with E-state index in [1.165, 1.54) is 66.3 Å². The summed E-state index contributed by atoms with van der Waals surface area (Å²) in [7, 11) is 0. The van der Waals surface area contributed by atoms with Crippen molar-refractivity contribution in [3.05, 3.63) is 253 Å². The minimum atomic E-state index is -0.480. The van der Waals surface area contributed by atoms with Crippen molar-refractivity contribution >= 4 is 38.9 Å². The first-order valence-electron chi connectivity index (χ1n) is 19.7. The van der Waals surface area contributed by atoms with E-state index >= 15 is 0 Å². The molecular weight excluding hydrogens is 689 g/mol. The standard InChI is InChI=1S/C55H38N2/c1-5-18-40(19-6-1)55(41-20-7-2-8-21-41)51-30-15-13-26-47(51)48-37-36-45(38-52(48)55)56(42-22-9-3-10-23-42)44-34-32-39(33-35-44)46-28-17-29-50-49-27-14-16-31-53(49)57(54(46)50)43-24-11-4-12-25-43/h1-38H. The van der Waals surface area contributed by atoms with Crippen LogP contribution in [0.2, 0.25) is 0 Å². The Morgan fingerprint density at radius 2 is 0.877 bits per heavy atom. The average molecular weight is 727 g/mol. The fraction of sp³-hybridized carbons (Fsp3) is 0.0182. The summed E-state index contributed by atoms with van der Waals surface area (Å²) in [6, 6.07) is 84.1. The second kappa shape index (κ2) is 13.4. The monoisotopic (exact) mass is 726 g/mol. The van der Waals surface area contributed by atoms with Gasteiger partial charge >= 0.3 is 0 Å². The number of rotatable bonds is 7. The van der Waals surface area contributed by atoms with Gasteiger partial charge in [0.25, 0.3) is 0 Å². The van der Waals surface area contributed by atoms with Crippen LogP contribution in [0.5, 0.6) is 0 Å². The van der Waals surface area contributed by atoms with Gasteiger partial charge in [0, 0.05) is 39.1 Å². The van der Waals surface area contributed by atoms with Gasteiger partial charge in [-0.25, -0.2) is 0 Å². The number of hydrogen-bond donors (Lipinski definition) is 0. The van der Waals surface area contributed by atoms with E-state index in [0.717, 1.165) is 22.7 Å².